The first-order chi connectivity index (χ1) is 8.74. The number of aliphatic hydroxyl groups is 1. The van der Waals surface area contributed by atoms with Crippen molar-refractivity contribution in [3.63, 3.8) is 0 Å². The van der Waals surface area contributed by atoms with Gasteiger partial charge in [-0.1, -0.05) is 25.1 Å². The first kappa shape index (κ1) is 13.5. The summed E-state index contributed by atoms with van der Waals surface area (Å²) in [5, 5.41) is 13.0. The van der Waals surface area contributed by atoms with Crippen LogP contribution in [0.2, 0.25) is 0 Å². The molecule has 0 bridgehead atoms. The zero-order chi connectivity index (χ0) is 13.0. The normalized spacial score (nSPS) is 20.5. The molecular weight excluding hydrogens is 224 g/mol. The Morgan fingerprint density at radius 3 is 3.06 bits per heavy atom. The second kappa shape index (κ2) is 6.32. The lowest BCUT2D eigenvalue weighted by molar-refractivity contribution is 0.173. The Morgan fingerprint density at radius 2 is 2.33 bits per heavy atom. The standard InChI is InChI=1S/C15H24N2O/c1-2-11-6-7-12-4-3-5-15(14(12)8-11)17-10-13(18)9-16/h6-8,13,15,17-18H,2-5,9-10,16H2,1H3/t13-,15-/m0/s1. The van der Waals surface area contributed by atoms with Gasteiger partial charge in [0.05, 0.1) is 6.10 Å². The Hall–Kier alpha value is -0.900. The predicted octanol–water partition coefficient (Wildman–Crippen LogP) is 1.54. The zero-order valence-electron chi connectivity index (χ0n) is 11.2. The molecular formula is C15H24N2O. The van der Waals surface area contributed by atoms with E-state index in [-0.39, 0.29) is 0 Å². The van der Waals surface area contributed by atoms with Crippen LogP contribution in [0.4, 0.5) is 0 Å². The highest BCUT2D eigenvalue weighted by atomic mass is 16.3. The van der Waals surface area contributed by atoms with Gasteiger partial charge >= 0.3 is 0 Å². The van der Waals surface area contributed by atoms with Crippen molar-refractivity contribution < 1.29 is 5.11 Å². The van der Waals surface area contributed by atoms with Crippen LogP contribution >= 0.6 is 0 Å². The summed E-state index contributed by atoms with van der Waals surface area (Å²) in [7, 11) is 0. The number of hydrogen-bond acceptors (Lipinski definition) is 3. The van der Waals surface area contributed by atoms with Crippen LogP contribution in [-0.4, -0.2) is 24.3 Å². The molecule has 3 heteroatoms. The van der Waals surface area contributed by atoms with Gasteiger partial charge in [-0.05, 0) is 42.4 Å². The maximum atomic E-state index is 9.55. The fraction of sp³-hybridized carbons (Fsp3) is 0.600. The molecule has 0 spiro atoms. The van der Waals surface area contributed by atoms with Gasteiger partial charge in [-0.25, -0.2) is 0 Å². The molecule has 3 nitrogen and oxygen atoms in total. The third-order valence-corrected chi connectivity index (χ3v) is 3.80. The van der Waals surface area contributed by atoms with Crippen molar-refractivity contribution in [1.29, 1.82) is 0 Å². The molecule has 0 fully saturated rings. The van der Waals surface area contributed by atoms with Gasteiger partial charge in [-0.2, -0.15) is 0 Å². The van der Waals surface area contributed by atoms with E-state index < -0.39 is 6.10 Å². The monoisotopic (exact) mass is 248 g/mol. The fourth-order valence-electron chi connectivity index (χ4n) is 2.64. The summed E-state index contributed by atoms with van der Waals surface area (Å²) in [5.74, 6) is 0. The molecule has 1 aliphatic rings. The lowest BCUT2D eigenvalue weighted by Gasteiger charge is -2.28. The molecule has 2 atom stereocenters. The molecule has 0 unspecified atom stereocenters. The first-order valence-electron chi connectivity index (χ1n) is 6.97. The molecule has 0 heterocycles. The number of rotatable bonds is 5. The maximum absolute atomic E-state index is 9.55. The molecule has 2 rings (SSSR count). The Morgan fingerprint density at radius 1 is 1.50 bits per heavy atom. The molecule has 0 aromatic heterocycles. The number of fused-ring (bicyclic) bond motifs is 1. The molecule has 0 aliphatic heterocycles. The average molecular weight is 248 g/mol. The Bertz CT molecular complexity index is 392. The Kier molecular flexibility index (Phi) is 4.75. The number of benzene rings is 1. The van der Waals surface area contributed by atoms with E-state index in [1.165, 1.54) is 29.5 Å². The fourth-order valence-corrected chi connectivity index (χ4v) is 2.64. The number of nitrogens with one attached hydrogen (secondary N) is 1. The van der Waals surface area contributed by atoms with E-state index in [0.717, 1.165) is 12.8 Å². The minimum atomic E-state index is -0.440. The van der Waals surface area contributed by atoms with Gasteiger partial charge in [-0.15, -0.1) is 0 Å². The molecule has 18 heavy (non-hydrogen) atoms. The third-order valence-electron chi connectivity index (χ3n) is 3.80. The molecule has 4 N–H and O–H groups in total. The highest BCUT2D eigenvalue weighted by Gasteiger charge is 2.20. The van der Waals surface area contributed by atoms with E-state index in [1.54, 1.807) is 0 Å². The average Bonchev–Trinajstić information content (AvgIpc) is 2.43. The summed E-state index contributed by atoms with van der Waals surface area (Å²) in [6.45, 7) is 3.09. The van der Waals surface area contributed by atoms with Crippen LogP contribution in [-0.2, 0) is 12.8 Å². The van der Waals surface area contributed by atoms with Crippen molar-refractivity contribution in [2.75, 3.05) is 13.1 Å². The van der Waals surface area contributed by atoms with Crippen LogP contribution in [0.5, 0.6) is 0 Å². The van der Waals surface area contributed by atoms with E-state index >= 15 is 0 Å². The Balaban J connectivity index is 2.10. The number of aliphatic hydroxyl groups excluding tert-OH is 1. The van der Waals surface area contributed by atoms with Crippen LogP contribution < -0.4 is 11.1 Å². The molecule has 0 saturated heterocycles. The van der Waals surface area contributed by atoms with E-state index in [0.29, 0.717) is 19.1 Å². The highest BCUT2D eigenvalue weighted by molar-refractivity contribution is 5.36. The van der Waals surface area contributed by atoms with Crippen molar-refractivity contribution >= 4 is 0 Å². The van der Waals surface area contributed by atoms with Gasteiger partial charge in [0.15, 0.2) is 0 Å². The third kappa shape index (κ3) is 3.10. The lowest BCUT2D eigenvalue weighted by atomic mass is 9.86. The van der Waals surface area contributed by atoms with Crippen LogP contribution in [0.25, 0.3) is 0 Å². The van der Waals surface area contributed by atoms with Gasteiger partial charge in [0.25, 0.3) is 0 Å². The minimum absolute atomic E-state index is 0.321. The predicted molar refractivity (Wildman–Crippen MR) is 74.6 cm³/mol. The number of aryl methyl sites for hydroxylation is 2. The van der Waals surface area contributed by atoms with Gasteiger partial charge in [0.2, 0.25) is 0 Å². The second-order valence-corrected chi connectivity index (χ2v) is 5.13. The van der Waals surface area contributed by atoms with Gasteiger partial charge in [-0.3, -0.25) is 0 Å². The maximum Gasteiger partial charge on any atom is 0.0786 e. The lowest BCUT2D eigenvalue weighted by Crippen LogP contribution is -2.36. The van der Waals surface area contributed by atoms with Crippen molar-refractivity contribution in [2.24, 2.45) is 5.73 Å². The molecule has 1 aromatic rings. The van der Waals surface area contributed by atoms with Crippen LogP contribution in [0.3, 0.4) is 0 Å². The quantitative estimate of drug-likeness (QED) is 0.741. The molecule has 0 amide bonds. The van der Waals surface area contributed by atoms with E-state index in [1.807, 2.05) is 0 Å². The van der Waals surface area contributed by atoms with E-state index in [2.05, 4.69) is 30.4 Å². The summed E-state index contributed by atoms with van der Waals surface area (Å²) < 4.78 is 0. The SMILES string of the molecule is CCc1ccc2c(c1)[C@@H](NC[C@@H](O)CN)CCC2. The molecule has 1 aliphatic carbocycles. The summed E-state index contributed by atoms with van der Waals surface area (Å²) in [6, 6.07) is 7.19. The second-order valence-electron chi connectivity index (χ2n) is 5.13. The largest absolute Gasteiger partial charge is 0.390 e. The minimum Gasteiger partial charge on any atom is -0.390 e. The Labute approximate surface area is 109 Å². The van der Waals surface area contributed by atoms with Crippen molar-refractivity contribution in [1.82, 2.24) is 5.32 Å². The zero-order valence-corrected chi connectivity index (χ0v) is 11.2. The van der Waals surface area contributed by atoms with Crippen LogP contribution in [0, 0.1) is 0 Å². The molecule has 1 aromatic carbocycles. The number of hydrogen-bond donors (Lipinski definition) is 3. The number of nitrogens with two attached hydrogens (primary N) is 1. The first-order valence-corrected chi connectivity index (χ1v) is 6.97. The van der Waals surface area contributed by atoms with Crippen LogP contribution in [0.1, 0.15) is 42.5 Å². The highest BCUT2D eigenvalue weighted by Crippen LogP contribution is 2.30. The molecule has 100 valence electrons. The van der Waals surface area contributed by atoms with E-state index in [9.17, 15) is 5.11 Å². The van der Waals surface area contributed by atoms with Gasteiger partial charge < -0.3 is 16.2 Å². The molecule has 0 saturated carbocycles. The van der Waals surface area contributed by atoms with E-state index in [4.69, 9.17) is 5.73 Å². The van der Waals surface area contributed by atoms with Gasteiger partial charge in [0, 0.05) is 19.1 Å². The summed E-state index contributed by atoms with van der Waals surface area (Å²) >= 11 is 0. The van der Waals surface area contributed by atoms with Crippen molar-refractivity contribution in [2.45, 2.75) is 44.8 Å². The van der Waals surface area contributed by atoms with Crippen molar-refractivity contribution in [3.8, 4) is 0 Å². The summed E-state index contributed by atoms with van der Waals surface area (Å²) in [5.41, 5.74) is 9.71. The topological polar surface area (TPSA) is 58.3 Å². The van der Waals surface area contributed by atoms with Crippen LogP contribution in [0.15, 0.2) is 18.2 Å². The summed E-state index contributed by atoms with van der Waals surface area (Å²) in [4.78, 5) is 0. The molecule has 0 radical (unpaired) electrons. The van der Waals surface area contributed by atoms with Crippen molar-refractivity contribution in [3.05, 3.63) is 34.9 Å². The van der Waals surface area contributed by atoms with Gasteiger partial charge in [0.1, 0.15) is 0 Å². The summed E-state index contributed by atoms with van der Waals surface area (Å²) in [6.07, 6.45) is 4.18. The smallest absolute Gasteiger partial charge is 0.0786 e.